The van der Waals surface area contributed by atoms with E-state index in [1.807, 2.05) is 0 Å². The van der Waals surface area contributed by atoms with Gasteiger partial charge in [-0.3, -0.25) is 14.4 Å². The first kappa shape index (κ1) is 77.4. The molecule has 0 radical (unpaired) electrons. The Balaban J connectivity index is 4.28. The van der Waals surface area contributed by atoms with E-state index in [4.69, 9.17) is 14.2 Å². The molecule has 0 aliphatic carbocycles. The second kappa shape index (κ2) is 68.9. The van der Waals surface area contributed by atoms with Gasteiger partial charge in [-0.15, -0.1) is 0 Å². The van der Waals surface area contributed by atoms with Crippen LogP contribution in [0.3, 0.4) is 0 Å². The number of allylic oxidation sites excluding steroid dienone is 8. The smallest absolute Gasteiger partial charge is 0.306 e. The standard InChI is InChI=1S/C74H136O6/c1-4-7-10-13-16-19-22-25-28-30-32-34-36-37-39-40-42-44-46-49-52-55-58-61-64-67-73(76)79-70-71(69-78-72(75)66-63-60-57-54-51-48-27-24-21-18-15-12-9-6-3)80-74(77)68-65-62-59-56-53-50-47-45-43-41-38-35-33-31-29-26-23-20-17-14-11-8-5-2/h23,26,30-33,38,41,71H,4-22,24-25,27-29,34-37,39-40,42-70H2,1-3H3/b26-23-,32-30-,33-31-,41-38-. The Morgan fingerprint density at radius 3 is 0.713 bits per heavy atom. The Hall–Kier alpha value is -2.63. The molecule has 1 atom stereocenters. The number of hydrogen-bond acceptors (Lipinski definition) is 6. The van der Waals surface area contributed by atoms with Crippen molar-refractivity contribution in [3.05, 3.63) is 48.6 Å². The monoisotopic (exact) mass is 1120 g/mol. The predicted molar refractivity (Wildman–Crippen MR) is 349 cm³/mol. The van der Waals surface area contributed by atoms with Gasteiger partial charge in [0, 0.05) is 19.3 Å². The number of ether oxygens (including phenoxy) is 3. The molecule has 0 aliphatic heterocycles. The summed E-state index contributed by atoms with van der Waals surface area (Å²) in [5, 5.41) is 0. The van der Waals surface area contributed by atoms with Crippen LogP contribution in [0.5, 0.6) is 0 Å². The van der Waals surface area contributed by atoms with E-state index in [9.17, 15) is 14.4 Å². The highest BCUT2D eigenvalue weighted by Crippen LogP contribution is 2.18. The van der Waals surface area contributed by atoms with E-state index >= 15 is 0 Å². The topological polar surface area (TPSA) is 78.9 Å². The van der Waals surface area contributed by atoms with Gasteiger partial charge in [-0.05, 0) is 83.5 Å². The molecule has 0 amide bonds. The zero-order valence-corrected chi connectivity index (χ0v) is 53.9. The van der Waals surface area contributed by atoms with Gasteiger partial charge in [-0.1, -0.05) is 333 Å². The summed E-state index contributed by atoms with van der Waals surface area (Å²) >= 11 is 0. The molecule has 0 aromatic carbocycles. The molecule has 0 saturated heterocycles. The summed E-state index contributed by atoms with van der Waals surface area (Å²) in [7, 11) is 0. The van der Waals surface area contributed by atoms with Crippen LogP contribution in [0.2, 0.25) is 0 Å². The average Bonchev–Trinajstić information content (AvgIpc) is 3.46. The van der Waals surface area contributed by atoms with Gasteiger partial charge >= 0.3 is 17.9 Å². The van der Waals surface area contributed by atoms with Crippen molar-refractivity contribution in [3.8, 4) is 0 Å². The fraction of sp³-hybridized carbons (Fsp3) is 0.851. The van der Waals surface area contributed by atoms with Crippen molar-refractivity contribution >= 4 is 17.9 Å². The van der Waals surface area contributed by atoms with E-state index in [2.05, 4.69) is 69.4 Å². The van der Waals surface area contributed by atoms with Crippen molar-refractivity contribution in [3.63, 3.8) is 0 Å². The van der Waals surface area contributed by atoms with Crippen molar-refractivity contribution in [2.45, 2.75) is 393 Å². The maximum Gasteiger partial charge on any atom is 0.306 e. The molecule has 0 rings (SSSR count). The van der Waals surface area contributed by atoms with E-state index in [0.717, 1.165) is 77.0 Å². The quantitative estimate of drug-likeness (QED) is 0.0261. The molecule has 0 bridgehead atoms. The number of unbranched alkanes of at least 4 members (excludes halogenated alkanes) is 47. The molecule has 0 spiro atoms. The highest BCUT2D eigenvalue weighted by Gasteiger charge is 2.19. The van der Waals surface area contributed by atoms with E-state index < -0.39 is 6.10 Å². The van der Waals surface area contributed by atoms with Gasteiger partial charge < -0.3 is 14.2 Å². The SMILES string of the molecule is CCCCCCC/C=C\C/C=C\C/C=C\CCCCCCCCCCC(=O)OC(COC(=O)CCCCCCCCCCCCCCCC)COC(=O)CCCCCCCCCCCCCCC/C=C\CCCCCCCCCC. The summed E-state index contributed by atoms with van der Waals surface area (Å²) in [6.07, 6.45) is 87.1. The maximum absolute atomic E-state index is 13.0. The third kappa shape index (κ3) is 66.2. The van der Waals surface area contributed by atoms with Gasteiger partial charge in [0.05, 0.1) is 0 Å². The molecule has 80 heavy (non-hydrogen) atoms. The Bertz CT molecular complexity index is 1380. The van der Waals surface area contributed by atoms with Crippen LogP contribution in [-0.4, -0.2) is 37.2 Å². The molecule has 0 saturated carbocycles. The van der Waals surface area contributed by atoms with Gasteiger partial charge in [0.15, 0.2) is 6.10 Å². The van der Waals surface area contributed by atoms with Crippen LogP contribution in [-0.2, 0) is 28.6 Å². The van der Waals surface area contributed by atoms with Gasteiger partial charge in [-0.25, -0.2) is 0 Å². The zero-order chi connectivity index (χ0) is 57.8. The summed E-state index contributed by atoms with van der Waals surface area (Å²) in [5.74, 6) is -0.852. The van der Waals surface area contributed by atoms with Crippen molar-refractivity contribution in [2.24, 2.45) is 0 Å². The van der Waals surface area contributed by atoms with E-state index in [1.165, 1.54) is 270 Å². The lowest BCUT2D eigenvalue weighted by atomic mass is 10.0. The normalized spacial score (nSPS) is 12.3. The highest BCUT2D eigenvalue weighted by molar-refractivity contribution is 5.71. The molecule has 0 N–H and O–H groups in total. The highest BCUT2D eigenvalue weighted by atomic mass is 16.6. The predicted octanol–water partition coefficient (Wildman–Crippen LogP) is 24.5. The Labute approximate surface area is 498 Å². The van der Waals surface area contributed by atoms with Crippen LogP contribution in [0.15, 0.2) is 48.6 Å². The molecule has 6 nitrogen and oxygen atoms in total. The lowest BCUT2D eigenvalue weighted by molar-refractivity contribution is -0.167. The second-order valence-corrected chi connectivity index (χ2v) is 24.1. The van der Waals surface area contributed by atoms with Gasteiger partial charge in [-0.2, -0.15) is 0 Å². The lowest BCUT2D eigenvalue weighted by Crippen LogP contribution is -2.30. The summed E-state index contributed by atoms with van der Waals surface area (Å²) in [5.41, 5.74) is 0. The molecule has 0 aliphatic rings. The fourth-order valence-corrected chi connectivity index (χ4v) is 10.7. The first-order chi connectivity index (χ1) is 39.5. The molecule has 0 aromatic heterocycles. The summed E-state index contributed by atoms with van der Waals surface area (Å²) in [6.45, 7) is 6.69. The number of rotatable bonds is 66. The third-order valence-corrected chi connectivity index (χ3v) is 16.1. The van der Waals surface area contributed by atoms with Crippen LogP contribution in [0, 0.1) is 0 Å². The molecule has 0 aromatic rings. The minimum Gasteiger partial charge on any atom is -0.462 e. The van der Waals surface area contributed by atoms with Gasteiger partial charge in [0.1, 0.15) is 13.2 Å². The minimum atomic E-state index is -0.776. The number of hydrogen-bond donors (Lipinski definition) is 0. The van der Waals surface area contributed by atoms with Crippen LogP contribution in [0.1, 0.15) is 387 Å². The van der Waals surface area contributed by atoms with E-state index in [0.29, 0.717) is 19.3 Å². The fourth-order valence-electron chi connectivity index (χ4n) is 10.7. The molecule has 0 fully saturated rings. The Kier molecular flexibility index (Phi) is 66.6. The van der Waals surface area contributed by atoms with Crippen molar-refractivity contribution in [1.29, 1.82) is 0 Å². The van der Waals surface area contributed by atoms with Crippen LogP contribution >= 0.6 is 0 Å². The average molecular weight is 1120 g/mol. The number of carbonyl (C=O) groups is 3. The molecule has 0 heterocycles. The zero-order valence-electron chi connectivity index (χ0n) is 53.9. The number of carbonyl (C=O) groups excluding carboxylic acids is 3. The molecular formula is C74H136O6. The lowest BCUT2D eigenvalue weighted by Gasteiger charge is -2.18. The number of esters is 3. The van der Waals surface area contributed by atoms with Crippen LogP contribution in [0.4, 0.5) is 0 Å². The van der Waals surface area contributed by atoms with Gasteiger partial charge in [0.2, 0.25) is 0 Å². The largest absolute Gasteiger partial charge is 0.462 e. The summed E-state index contributed by atoms with van der Waals surface area (Å²) in [4.78, 5) is 38.4. The van der Waals surface area contributed by atoms with Crippen LogP contribution < -0.4 is 0 Å². The van der Waals surface area contributed by atoms with Crippen molar-refractivity contribution in [1.82, 2.24) is 0 Å². The van der Waals surface area contributed by atoms with Gasteiger partial charge in [0.25, 0.3) is 0 Å². The molecule has 6 heteroatoms. The summed E-state index contributed by atoms with van der Waals surface area (Å²) in [6, 6.07) is 0. The Morgan fingerprint density at radius 1 is 0.250 bits per heavy atom. The van der Waals surface area contributed by atoms with Crippen molar-refractivity contribution in [2.75, 3.05) is 13.2 Å². The minimum absolute atomic E-state index is 0.0716. The third-order valence-electron chi connectivity index (χ3n) is 16.1. The first-order valence-corrected chi connectivity index (χ1v) is 35.6. The first-order valence-electron chi connectivity index (χ1n) is 35.6. The second-order valence-electron chi connectivity index (χ2n) is 24.1. The molecule has 468 valence electrons. The van der Waals surface area contributed by atoms with E-state index in [1.54, 1.807) is 0 Å². The molecular weight excluding hydrogens is 985 g/mol. The van der Waals surface area contributed by atoms with Crippen LogP contribution in [0.25, 0.3) is 0 Å². The van der Waals surface area contributed by atoms with Crippen molar-refractivity contribution < 1.29 is 28.6 Å². The van der Waals surface area contributed by atoms with E-state index in [-0.39, 0.29) is 31.1 Å². The molecule has 1 unspecified atom stereocenters. The maximum atomic E-state index is 13.0. The Morgan fingerprint density at radius 2 is 0.450 bits per heavy atom. The summed E-state index contributed by atoms with van der Waals surface area (Å²) < 4.78 is 17.0.